The van der Waals surface area contributed by atoms with Crippen molar-refractivity contribution < 1.29 is 23.0 Å². The van der Waals surface area contributed by atoms with Crippen molar-refractivity contribution in [2.24, 2.45) is 0 Å². The highest BCUT2D eigenvalue weighted by molar-refractivity contribution is 5.80. The van der Waals surface area contributed by atoms with Gasteiger partial charge in [-0.2, -0.15) is 0 Å². The number of benzene rings is 1. The van der Waals surface area contributed by atoms with Crippen LogP contribution in [0.4, 0.5) is 8.78 Å². The van der Waals surface area contributed by atoms with Crippen molar-refractivity contribution in [1.82, 2.24) is 5.32 Å². The van der Waals surface area contributed by atoms with Gasteiger partial charge in [-0.1, -0.05) is 6.92 Å². The van der Waals surface area contributed by atoms with Crippen LogP contribution in [0.5, 0.6) is 5.75 Å². The lowest BCUT2D eigenvalue weighted by molar-refractivity contribution is -0.149. The third-order valence-electron chi connectivity index (χ3n) is 2.82. The van der Waals surface area contributed by atoms with Gasteiger partial charge in [0.1, 0.15) is 17.9 Å². The molecule has 0 radical (unpaired) electrons. The number of rotatable bonds is 7. The molecular formula is C14H19F2NO3. The lowest BCUT2D eigenvalue weighted by Gasteiger charge is -2.27. The molecule has 0 spiro atoms. The van der Waals surface area contributed by atoms with Gasteiger partial charge in [0.15, 0.2) is 11.6 Å². The fourth-order valence-corrected chi connectivity index (χ4v) is 1.60. The Morgan fingerprint density at radius 2 is 2.05 bits per heavy atom. The summed E-state index contributed by atoms with van der Waals surface area (Å²) in [5.41, 5.74) is -1.05. The maximum absolute atomic E-state index is 13.1. The van der Waals surface area contributed by atoms with Crippen LogP contribution in [-0.4, -0.2) is 31.8 Å². The van der Waals surface area contributed by atoms with E-state index in [2.05, 4.69) is 5.32 Å². The van der Waals surface area contributed by atoms with E-state index in [1.807, 2.05) is 6.92 Å². The van der Waals surface area contributed by atoms with Gasteiger partial charge in [-0.15, -0.1) is 0 Å². The summed E-state index contributed by atoms with van der Waals surface area (Å²) in [7, 11) is 1.28. The van der Waals surface area contributed by atoms with Gasteiger partial charge in [-0.3, -0.25) is 5.32 Å². The van der Waals surface area contributed by atoms with Gasteiger partial charge in [0, 0.05) is 6.07 Å². The molecule has 0 amide bonds. The van der Waals surface area contributed by atoms with E-state index in [0.29, 0.717) is 6.54 Å². The van der Waals surface area contributed by atoms with Gasteiger partial charge >= 0.3 is 5.97 Å². The van der Waals surface area contributed by atoms with Gasteiger partial charge in [0.25, 0.3) is 0 Å². The molecular weight excluding hydrogens is 268 g/mol. The van der Waals surface area contributed by atoms with Crippen LogP contribution in [0.1, 0.15) is 20.3 Å². The number of carbonyl (C=O) groups is 1. The maximum atomic E-state index is 13.1. The summed E-state index contributed by atoms with van der Waals surface area (Å²) in [6, 6.07) is 3.21. The molecule has 1 atom stereocenters. The maximum Gasteiger partial charge on any atom is 0.329 e. The summed E-state index contributed by atoms with van der Waals surface area (Å²) in [6.45, 7) is 4.15. The zero-order chi connectivity index (χ0) is 15.2. The molecule has 4 nitrogen and oxygen atoms in total. The largest absolute Gasteiger partial charge is 0.491 e. The molecule has 1 rings (SSSR count). The zero-order valence-corrected chi connectivity index (χ0v) is 11.8. The van der Waals surface area contributed by atoms with Crippen LogP contribution >= 0.6 is 0 Å². The molecule has 0 saturated carbocycles. The minimum atomic E-state index is -1.05. The van der Waals surface area contributed by atoms with Crippen LogP contribution in [0, 0.1) is 11.6 Å². The van der Waals surface area contributed by atoms with Crippen molar-refractivity contribution in [3.8, 4) is 5.75 Å². The first-order valence-electron chi connectivity index (χ1n) is 6.34. The molecule has 1 aromatic rings. The molecule has 0 aliphatic heterocycles. The van der Waals surface area contributed by atoms with Gasteiger partial charge in [-0.05, 0) is 32.0 Å². The summed E-state index contributed by atoms with van der Waals surface area (Å²) in [4.78, 5) is 11.8. The van der Waals surface area contributed by atoms with Gasteiger partial charge < -0.3 is 9.47 Å². The number of nitrogens with one attached hydrogen (secondary N) is 1. The van der Waals surface area contributed by atoms with E-state index in [1.54, 1.807) is 6.92 Å². The molecule has 0 aliphatic carbocycles. The van der Waals surface area contributed by atoms with Crippen LogP contribution in [0.3, 0.4) is 0 Å². The Bertz CT molecular complexity index is 468. The fourth-order valence-electron chi connectivity index (χ4n) is 1.60. The molecule has 0 fully saturated rings. The Labute approximate surface area is 117 Å². The van der Waals surface area contributed by atoms with E-state index in [-0.39, 0.29) is 12.4 Å². The van der Waals surface area contributed by atoms with Crippen molar-refractivity contribution in [1.29, 1.82) is 0 Å². The molecule has 112 valence electrons. The van der Waals surface area contributed by atoms with Gasteiger partial charge in [-0.25, -0.2) is 13.6 Å². The second-order valence-electron chi connectivity index (χ2n) is 4.62. The molecule has 0 aliphatic rings. The second-order valence-corrected chi connectivity index (χ2v) is 4.62. The van der Waals surface area contributed by atoms with E-state index < -0.39 is 23.1 Å². The highest BCUT2D eigenvalue weighted by Crippen LogP contribution is 2.17. The minimum Gasteiger partial charge on any atom is -0.491 e. The molecule has 0 saturated heterocycles. The third-order valence-corrected chi connectivity index (χ3v) is 2.82. The molecule has 1 aromatic carbocycles. The van der Waals surface area contributed by atoms with E-state index in [0.717, 1.165) is 18.6 Å². The standard InChI is InChI=1S/C14H19F2NO3/c1-4-7-17-14(2,13(18)19-3)9-20-10-5-6-11(15)12(16)8-10/h5-6,8,17H,4,7,9H2,1-3H3. The molecule has 0 heterocycles. The van der Waals surface area contributed by atoms with E-state index in [1.165, 1.54) is 13.2 Å². The predicted octanol–water partition coefficient (Wildman–Crippen LogP) is 2.27. The molecule has 0 bridgehead atoms. The number of hydrogen-bond acceptors (Lipinski definition) is 4. The molecule has 6 heteroatoms. The van der Waals surface area contributed by atoms with Crippen molar-refractivity contribution in [3.63, 3.8) is 0 Å². The number of carbonyl (C=O) groups excluding carboxylic acids is 1. The second kappa shape index (κ2) is 7.19. The average molecular weight is 287 g/mol. The number of hydrogen-bond donors (Lipinski definition) is 1. The van der Waals surface area contributed by atoms with Crippen LogP contribution in [-0.2, 0) is 9.53 Å². The smallest absolute Gasteiger partial charge is 0.329 e. The van der Waals surface area contributed by atoms with Crippen LogP contribution in [0.15, 0.2) is 18.2 Å². The summed E-state index contributed by atoms with van der Waals surface area (Å²) in [5.74, 6) is -2.27. The average Bonchev–Trinajstić information content (AvgIpc) is 2.45. The molecule has 1 unspecified atom stereocenters. The Morgan fingerprint density at radius 1 is 1.35 bits per heavy atom. The molecule has 1 N–H and O–H groups in total. The van der Waals surface area contributed by atoms with Gasteiger partial charge in [0.05, 0.1) is 7.11 Å². The van der Waals surface area contributed by atoms with Crippen molar-refractivity contribution in [2.75, 3.05) is 20.3 Å². The Kier molecular flexibility index (Phi) is 5.88. The fraction of sp³-hybridized carbons (Fsp3) is 0.500. The first-order chi connectivity index (χ1) is 9.42. The topological polar surface area (TPSA) is 47.6 Å². The first-order valence-corrected chi connectivity index (χ1v) is 6.34. The Morgan fingerprint density at radius 3 is 2.60 bits per heavy atom. The molecule has 20 heavy (non-hydrogen) atoms. The van der Waals surface area contributed by atoms with E-state index >= 15 is 0 Å². The highest BCUT2D eigenvalue weighted by Gasteiger charge is 2.34. The van der Waals surface area contributed by atoms with Crippen LogP contribution in [0.2, 0.25) is 0 Å². The van der Waals surface area contributed by atoms with E-state index in [4.69, 9.17) is 9.47 Å². The number of halogens is 2. The van der Waals surface area contributed by atoms with Crippen molar-refractivity contribution in [2.45, 2.75) is 25.8 Å². The SMILES string of the molecule is CCCNC(C)(COc1ccc(F)c(F)c1)C(=O)OC. The van der Waals surface area contributed by atoms with Crippen molar-refractivity contribution in [3.05, 3.63) is 29.8 Å². The predicted molar refractivity (Wildman–Crippen MR) is 70.6 cm³/mol. The highest BCUT2D eigenvalue weighted by atomic mass is 19.2. The number of esters is 1. The number of ether oxygens (including phenoxy) is 2. The minimum absolute atomic E-state index is 0.0508. The van der Waals surface area contributed by atoms with E-state index in [9.17, 15) is 13.6 Å². The lowest BCUT2D eigenvalue weighted by Crippen LogP contribution is -2.54. The summed E-state index contributed by atoms with van der Waals surface area (Å²) in [6.07, 6.45) is 0.831. The number of methoxy groups -OCH3 is 1. The quantitative estimate of drug-likeness (QED) is 0.782. The lowest BCUT2D eigenvalue weighted by atomic mass is 10.0. The molecule has 0 aromatic heterocycles. The summed E-state index contributed by atoms with van der Waals surface area (Å²) in [5, 5.41) is 3.03. The monoisotopic (exact) mass is 287 g/mol. The van der Waals surface area contributed by atoms with Crippen LogP contribution < -0.4 is 10.1 Å². The Balaban J connectivity index is 2.75. The van der Waals surface area contributed by atoms with Crippen molar-refractivity contribution >= 4 is 5.97 Å². The first kappa shape index (κ1) is 16.4. The summed E-state index contributed by atoms with van der Waals surface area (Å²) >= 11 is 0. The zero-order valence-electron chi connectivity index (χ0n) is 11.8. The normalized spacial score (nSPS) is 13.7. The van der Waals surface area contributed by atoms with Gasteiger partial charge in [0.2, 0.25) is 0 Å². The van der Waals surface area contributed by atoms with Crippen LogP contribution in [0.25, 0.3) is 0 Å². The third kappa shape index (κ3) is 4.16. The summed E-state index contributed by atoms with van der Waals surface area (Å²) < 4.78 is 36.0. The Hall–Kier alpha value is -1.69.